The van der Waals surface area contributed by atoms with Gasteiger partial charge in [-0.1, -0.05) is 25.1 Å². The third-order valence-corrected chi connectivity index (χ3v) is 5.27. The van der Waals surface area contributed by atoms with Crippen LogP contribution in [0, 0.1) is 27.7 Å². The second-order valence-electron chi connectivity index (χ2n) is 5.96. The van der Waals surface area contributed by atoms with E-state index >= 15 is 0 Å². The van der Waals surface area contributed by atoms with E-state index in [2.05, 4.69) is 33.8 Å². The molecule has 0 saturated heterocycles. The molecule has 122 valence electrons. The molecular formula is C20H25LiO2P+. The van der Waals surface area contributed by atoms with Crippen molar-refractivity contribution in [2.75, 3.05) is 6.61 Å². The van der Waals surface area contributed by atoms with Crippen LogP contribution in [0.25, 0.3) is 0 Å². The maximum absolute atomic E-state index is 12.8. The van der Waals surface area contributed by atoms with Crippen LogP contribution in [0.2, 0.25) is 0 Å². The third kappa shape index (κ3) is 4.97. The van der Waals surface area contributed by atoms with Crippen LogP contribution in [-0.4, -0.2) is 12.1 Å². The molecule has 0 fully saturated rings. The number of hydrogen-bond acceptors (Lipinski definition) is 2. The molecule has 24 heavy (non-hydrogen) atoms. The Morgan fingerprint density at radius 2 is 1.62 bits per heavy atom. The van der Waals surface area contributed by atoms with Gasteiger partial charge in [0.05, 0.1) is 6.61 Å². The fourth-order valence-corrected chi connectivity index (χ4v) is 3.79. The van der Waals surface area contributed by atoms with Gasteiger partial charge in [0.1, 0.15) is 5.75 Å². The van der Waals surface area contributed by atoms with E-state index in [0.717, 1.165) is 40.8 Å². The molecule has 0 saturated carbocycles. The van der Waals surface area contributed by atoms with Crippen molar-refractivity contribution in [3.05, 3.63) is 58.1 Å². The van der Waals surface area contributed by atoms with Crippen molar-refractivity contribution in [3.8, 4) is 5.75 Å². The number of ether oxygens (including phenoxy) is 1. The monoisotopic (exact) mass is 335 g/mol. The van der Waals surface area contributed by atoms with Crippen LogP contribution in [0.5, 0.6) is 5.75 Å². The molecule has 2 aromatic carbocycles. The Morgan fingerprint density at radius 1 is 1.00 bits per heavy atom. The van der Waals surface area contributed by atoms with Crippen LogP contribution in [0.3, 0.4) is 0 Å². The van der Waals surface area contributed by atoms with Crippen LogP contribution in [-0.2, 0) is 0 Å². The first-order valence-electron chi connectivity index (χ1n) is 8.05. The van der Waals surface area contributed by atoms with E-state index in [-0.39, 0.29) is 33.0 Å². The SMILES string of the molecule is CCCOc1ccc(PC(=O)c2c(C)cc(C)c(C)c2C)cc1.[Li+]. The molecule has 2 nitrogen and oxygen atoms in total. The quantitative estimate of drug-likeness (QED) is 0.595. The molecule has 0 radical (unpaired) electrons. The second kappa shape index (κ2) is 9.43. The van der Waals surface area contributed by atoms with Crippen molar-refractivity contribution in [1.29, 1.82) is 0 Å². The smallest absolute Gasteiger partial charge is 0.494 e. The molecule has 0 heterocycles. The molecule has 1 atom stereocenters. The zero-order valence-electron chi connectivity index (χ0n) is 15.6. The summed E-state index contributed by atoms with van der Waals surface area (Å²) in [5.74, 6) is 0.867. The standard InChI is InChI=1S/C20H25O2P.Li/c1-6-11-22-17-7-9-18(10-8-17)23-20(21)19-14(3)12-13(2)15(4)16(19)5;/h7-10,12,23H,6,11H2,1-5H3;/q;+1. The average molecular weight is 335 g/mol. The fourth-order valence-electron chi connectivity index (χ4n) is 2.68. The summed E-state index contributed by atoms with van der Waals surface area (Å²) >= 11 is 0. The predicted octanol–water partition coefficient (Wildman–Crippen LogP) is 1.86. The Morgan fingerprint density at radius 3 is 2.21 bits per heavy atom. The van der Waals surface area contributed by atoms with Crippen LogP contribution in [0.1, 0.15) is 46.0 Å². The Balaban J connectivity index is 0.00000288. The van der Waals surface area contributed by atoms with Gasteiger partial charge in [-0.2, -0.15) is 0 Å². The van der Waals surface area contributed by atoms with E-state index < -0.39 is 0 Å². The molecule has 0 spiro atoms. The van der Waals surface area contributed by atoms with Crippen LogP contribution < -0.4 is 28.9 Å². The summed E-state index contributed by atoms with van der Waals surface area (Å²) in [6, 6.07) is 10.00. The summed E-state index contributed by atoms with van der Waals surface area (Å²) in [4.78, 5) is 12.8. The van der Waals surface area contributed by atoms with Crippen molar-refractivity contribution < 1.29 is 28.4 Å². The number of aryl methyl sites for hydroxylation is 2. The van der Waals surface area contributed by atoms with Gasteiger partial charge in [0.25, 0.3) is 0 Å². The summed E-state index contributed by atoms with van der Waals surface area (Å²) in [5.41, 5.74) is 5.75. The number of hydrogen-bond donors (Lipinski definition) is 0. The van der Waals surface area contributed by atoms with Crippen molar-refractivity contribution >= 4 is 19.4 Å². The van der Waals surface area contributed by atoms with Crippen molar-refractivity contribution in [2.45, 2.75) is 41.0 Å². The van der Waals surface area contributed by atoms with Gasteiger partial charge in [0.15, 0.2) is 5.52 Å². The molecule has 4 heteroatoms. The number of carbonyl (C=O) groups is 1. The normalized spacial score (nSPS) is 10.7. The van der Waals surface area contributed by atoms with Crippen LogP contribution >= 0.6 is 8.58 Å². The van der Waals surface area contributed by atoms with Crippen molar-refractivity contribution in [2.24, 2.45) is 0 Å². The van der Waals surface area contributed by atoms with E-state index in [9.17, 15) is 4.79 Å². The Bertz CT molecular complexity index is 709. The maximum atomic E-state index is 12.8. The summed E-state index contributed by atoms with van der Waals surface area (Å²) in [7, 11) is 0.146. The molecule has 1 unspecified atom stereocenters. The number of rotatable bonds is 6. The van der Waals surface area contributed by atoms with Gasteiger partial charge in [0, 0.05) is 5.56 Å². The molecule has 0 aliphatic carbocycles. The maximum Gasteiger partial charge on any atom is 1.00 e. The minimum absolute atomic E-state index is 0. The van der Waals surface area contributed by atoms with E-state index in [1.54, 1.807) is 0 Å². The fraction of sp³-hybridized carbons (Fsp3) is 0.350. The van der Waals surface area contributed by atoms with Crippen LogP contribution in [0.4, 0.5) is 0 Å². The Kier molecular flexibility index (Phi) is 8.24. The van der Waals surface area contributed by atoms with Gasteiger partial charge in [-0.3, -0.25) is 4.79 Å². The molecule has 0 bridgehead atoms. The van der Waals surface area contributed by atoms with E-state index in [4.69, 9.17) is 4.74 Å². The summed E-state index contributed by atoms with van der Waals surface area (Å²) in [6.07, 6.45) is 0.993. The van der Waals surface area contributed by atoms with E-state index in [1.807, 2.05) is 31.2 Å². The number of carbonyl (C=O) groups excluding carboxylic acids is 1. The zero-order chi connectivity index (χ0) is 17.0. The molecule has 0 amide bonds. The minimum atomic E-state index is 0. The van der Waals surface area contributed by atoms with Gasteiger partial charge in [0.2, 0.25) is 0 Å². The molecule has 0 aromatic heterocycles. The summed E-state index contributed by atoms with van der Waals surface area (Å²) in [6.45, 7) is 11.1. The topological polar surface area (TPSA) is 26.3 Å². The first-order chi connectivity index (χ1) is 10.9. The molecule has 0 N–H and O–H groups in total. The molecule has 0 aliphatic rings. The first kappa shape index (κ1) is 21.0. The van der Waals surface area contributed by atoms with Gasteiger partial charge < -0.3 is 4.74 Å². The molecule has 2 aromatic rings. The summed E-state index contributed by atoms with van der Waals surface area (Å²) in [5, 5.41) is 1.05. The first-order valence-corrected chi connectivity index (χ1v) is 9.05. The largest absolute Gasteiger partial charge is 1.00 e. The Hall–Kier alpha value is -1.06. The van der Waals surface area contributed by atoms with Crippen molar-refractivity contribution in [1.82, 2.24) is 0 Å². The molecular weight excluding hydrogens is 310 g/mol. The second-order valence-corrected chi connectivity index (χ2v) is 7.24. The zero-order valence-corrected chi connectivity index (χ0v) is 16.6. The van der Waals surface area contributed by atoms with E-state index in [1.165, 1.54) is 11.1 Å². The van der Waals surface area contributed by atoms with Gasteiger partial charge in [-0.25, -0.2) is 0 Å². The number of benzene rings is 2. The van der Waals surface area contributed by atoms with E-state index in [0.29, 0.717) is 0 Å². The summed E-state index contributed by atoms with van der Waals surface area (Å²) < 4.78 is 5.59. The molecule has 0 aliphatic heterocycles. The van der Waals surface area contributed by atoms with Crippen molar-refractivity contribution in [3.63, 3.8) is 0 Å². The Labute approximate surface area is 159 Å². The average Bonchev–Trinajstić information content (AvgIpc) is 2.52. The minimum Gasteiger partial charge on any atom is -0.494 e. The predicted molar refractivity (Wildman–Crippen MR) is 99.9 cm³/mol. The molecule has 2 rings (SSSR count). The van der Waals surface area contributed by atoms with Gasteiger partial charge in [-0.15, -0.1) is 0 Å². The van der Waals surface area contributed by atoms with Gasteiger partial charge in [-0.05, 0) is 82.4 Å². The third-order valence-electron chi connectivity index (χ3n) is 4.17. The van der Waals surface area contributed by atoms with Crippen LogP contribution in [0.15, 0.2) is 30.3 Å². The van der Waals surface area contributed by atoms with Gasteiger partial charge >= 0.3 is 18.9 Å².